The Kier molecular flexibility index (Phi) is 9.10. The molecule has 0 spiro atoms. The number of hydrogen-bond acceptors (Lipinski definition) is 3. The van der Waals surface area contributed by atoms with Crippen LogP contribution >= 0.6 is 0 Å². The summed E-state index contributed by atoms with van der Waals surface area (Å²) in [5.41, 5.74) is 0. The Labute approximate surface area is 98.2 Å². The van der Waals surface area contributed by atoms with Crippen molar-refractivity contribution in [2.24, 2.45) is 0 Å². The minimum absolute atomic E-state index is 0.144. The van der Waals surface area contributed by atoms with Crippen LogP contribution in [0, 0.1) is 0 Å². The van der Waals surface area contributed by atoms with Gasteiger partial charge in [0.2, 0.25) is 0 Å². The second kappa shape index (κ2) is 9.52. The summed E-state index contributed by atoms with van der Waals surface area (Å²) < 4.78 is 0. The van der Waals surface area contributed by atoms with Gasteiger partial charge in [0.15, 0.2) is 0 Å². The van der Waals surface area contributed by atoms with Crippen molar-refractivity contribution in [2.75, 3.05) is 0 Å². The van der Waals surface area contributed by atoms with E-state index in [4.69, 9.17) is 0 Å². The first-order chi connectivity index (χ1) is 7.60. The lowest BCUT2D eigenvalue weighted by Gasteiger charge is -2.07. The summed E-state index contributed by atoms with van der Waals surface area (Å²) in [4.78, 5) is 22.4. The molecule has 1 unspecified atom stereocenters. The zero-order valence-corrected chi connectivity index (χ0v) is 10.5. The molecule has 0 heterocycles. The molecule has 0 saturated carbocycles. The molecule has 0 aromatic heterocycles. The lowest BCUT2D eigenvalue weighted by atomic mass is 10.0. The number of ketones is 2. The second-order valence-corrected chi connectivity index (χ2v) is 4.27. The third-order valence-corrected chi connectivity index (χ3v) is 2.69. The topological polar surface area (TPSA) is 54.4 Å². The van der Waals surface area contributed by atoms with Gasteiger partial charge in [0, 0.05) is 25.7 Å². The first kappa shape index (κ1) is 15.3. The molecule has 0 rings (SSSR count). The highest BCUT2D eigenvalue weighted by Gasteiger charge is 2.07. The summed E-state index contributed by atoms with van der Waals surface area (Å²) in [5, 5.41) is 9.45. The Morgan fingerprint density at radius 3 is 2.19 bits per heavy atom. The van der Waals surface area contributed by atoms with E-state index >= 15 is 0 Å². The standard InChI is InChI=1S/C13H24O3/c1-3-6-12(15)7-5-8-13(16)10-9-11(14)4-2/h12,15H,3-10H2,1-2H3. The first-order valence-electron chi connectivity index (χ1n) is 6.31. The van der Waals surface area contributed by atoms with Gasteiger partial charge >= 0.3 is 0 Å². The van der Waals surface area contributed by atoms with Gasteiger partial charge < -0.3 is 5.11 Å². The van der Waals surface area contributed by atoms with Crippen molar-refractivity contribution in [1.29, 1.82) is 0 Å². The van der Waals surface area contributed by atoms with Crippen molar-refractivity contribution in [3.63, 3.8) is 0 Å². The molecule has 0 radical (unpaired) electrons. The minimum Gasteiger partial charge on any atom is -0.393 e. The highest BCUT2D eigenvalue weighted by molar-refractivity contribution is 5.85. The predicted octanol–water partition coefficient (Wildman–Crippen LogP) is 2.65. The summed E-state index contributed by atoms with van der Waals surface area (Å²) >= 11 is 0. The molecule has 0 aromatic rings. The van der Waals surface area contributed by atoms with Crippen LogP contribution in [0.15, 0.2) is 0 Å². The molecule has 0 saturated heterocycles. The van der Waals surface area contributed by atoms with E-state index < -0.39 is 0 Å². The molecule has 1 atom stereocenters. The highest BCUT2D eigenvalue weighted by atomic mass is 16.3. The summed E-state index contributed by atoms with van der Waals surface area (Å²) in [6.07, 6.45) is 4.71. The number of Topliss-reactive ketones (excluding diaryl/α,β-unsaturated/α-hetero) is 2. The van der Waals surface area contributed by atoms with Gasteiger partial charge in [-0.1, -0.05) is 20.3 Å². The number of rotatable bonds is 10. The molecule has 3 nitrogen and oxygen atoms in total. The van der Waals surface area contributed by atoms with Crippen LogP contribution < -0.4 is 0 Å². The van der Waals surface area contributed by atoms with Gasteiger partial charge in [-0.3, -0.25) is 9.59 Å². The van der Waals surface area contributed by atoms with E-state index in [1.165, 1.54) is 0 Å². The van der Waals surface area contributed by atoms with Crippen molar-refractivity contribution >= 4 is 11.6 Å². The fourth-order valence-electron chi connectivity index (χ4n) is 1.59. The Morgan fingerprint density at radius 2 is 1.62 bits per heavy atom. The van der Waals surface area contributed by atoms with Gasteiger partial charge in [-0.25, -0.2) is 0 Å². The van der Waals surface area contributed by atoms with Crippen LogP contribution in [-0.2, 0) is 9.59 Å². The van der Waals surface area contributed by atoms with Gasteiger partial charge in [0.25, 0.3) is 0 Å². The van der Waals surface area contributed by atoms with Crippen LogP contribution in [0.5, 0.6) is 0 Å². The largest absolute Gasteiger partial charge is 0.393 e. The van der Waals surface area contributed by atoms with Crippen LogP contribution in [0.4, 0.5) is 0 Å². The maximum atomic E-state index is 11.4. The SMILES string of the molecule is CCCC(O)CCCC(=O)CCC(=O)CC. The van der Waals surface area contributed by atoms with Crippen LogP contribution in [0.3, 0.4) is 0 Å². The number of hydrogen-bond donors (Lipinski definition) is 1. The molecule has 0 fully saturated rings. The molecule has 0 bridgehead atoms. The van der Waals surface area contributed by atoms with E-state index in [9.17, 15) is 14.7 Å². The normalized spacial score (nSPS) is 12.4. The lowest BCUT2D eigenvalue weighted by Crippen LogP contribution is -2.08. The second-order valence-electron chi connectivity index (χ2n) is 4.27. The Morgan fingerprint density at radius 1 is 1.00 bits per heavy atom. The fraction of sp³-hybridized carbons (Fsp3) is 0.846. The molecule has 0 amide bonds. The molecule has 0 aliphatic carbocycles. The third-order valence-electron chi connectivity index (χ3n) is 2.69. The number of aliphatic hydroxyl groups is 1. The van der Waals surface area contributed by atoms with Crippen molar-refractivity contribution < 1.29 is 14.7 Å². The third kappa shape index (κ3) is 8.60. The Hall–Kier alpha value is -0.700. The average molecular weight is 228 g/mol. The molecular weight excluding hydrogens is 204 g/mol. The van der Waals surface area contributed by atoms with Crippen LogP contribution in [0.25, 0.3) is 0 Å². The fourth-order valence-corrected chi connectivity index (χ4v) is 1.59. The Bertz CT molecular complexity index is 211. The molecule has 94 valence electrons. The monoisotopic (exact) mass is 228 g/mol. The quantitative estimate of drug-likeness (QED) is 0.625. The molecule has 0 aromatic carbocycles. The van der Waals surface area contributed by atoms with E-state index in [0.717, 1.165) is 19.3 Å². The lowest BCUT2D eigenvalue weighted by molar-refractivity contribution is -0.124. The molecule has 0 aliphatic rings. The summed E-state index contributed by atoms with van der Waals surface area (Å²) in [7, 11) is 0. The van der Waals surface area contributed by atoms with Gasteiger partial charge in [-0.15, -0.1) is 0 Å². The maximum absolute atomic E-state index is 11.4. The van der Waals surface area contributed by atoms with Crippen LogP contribution in [0.2, 0.25) is 0 Å². The Balaban J connectivity index is 3.47. The van der Waals surface area contributed by atoms with Gasteiger partial charge in [0.1, 0.15) is 11.6 Å². The molecule has 1 N–H and O–H groups in total. The van der Waals surface area contributed by atoms with Crippen molar-refractivity contribution in [3.05, 3.63) is 0 Å². The minimum atomic E-state index is -0.268. The zero-order chi connectivity index (χ0) is 12.4. The molecular formula is C13H24O3. The summed E-state index contributed by atoms with van der Waals surface area (Å²) in [6, 6.07) is 0. The van der Waals surface area contributed by atoms with E-state index in [0.29, 0.717) is 32.1 Å². The molecule has 0 aliphatic heterocycles. The van der Waals surface area contributed by atoms with Gasteiger partial charge in [-0.05, 0) is 19.3 Å². The van der Waals surface area contributed by atoms with Gasteiger partial charge in [0.05, 0.1) is 6.10 Å². The smallest absolute Gasteiger partial charge is 0.133 e. The maximum Gasteiger partial charge on any atom is 0.133 e. The van der Waals surface area contributed by atoms with Crippen molar-refractivity contribution in [2.45, 2.75) is 71.3 Å². The average Bonchev–Trinajstić information content (AvgIpc) is 2.26. The summed E-state index contributed by atoms with van der Waals surface area (Å²) in [6.45, 7) is 3.85. The zero-order valence-electron chi connectivity index (χ0n) is 10.5. The first-order valence-corrected chi connectivity index (χ1v) is 6.31. The van der Waals surface area contributed by atoms with Crippen LogP contribution in [0.1, 0.15) is 65.2 Å². The number of aliphatic hydroxyl groups excluding tert-OH is 1. The summed E-state index contributed by atoms with van der Waals surface area (Å²) in [5.74, 6) is 0.296. The van der Waals surface area contributed by atoms with Crippen molar-refractivity contribution in [1.82, 2.24) is 0 Å². The molecule has 16 heavy (non-hydrogen) atoms. The van der Waals surface area contributed by atoms with E-state index in [2.05, 4.69) is 0 Å². The van der Waals surface area contributed by atoms with E-state index in [-0.39, 0.29) is 17.7 Å². The highest BCUT2D eigenvalue weighted by Crippen LogP contribution is 2.08. The molecule has 3 heteroatoms. The van der Waals surface area contributed by atoms with Crippen molar-refractivity contribution in [3.8, 4) is 0 Å². The van der Waals surface area contributed by atoms with E-state index in [1.54, 1.807) is 0 Å². The number of carbonyl (C=O) groups excluding carboxylic acids is 2. The predicted molar refractivity (Wildman–Crippen MR) is 64.3 cm³/mol. The number of carbonyl (C=O) groups is 2. The van der Waals surface area contributed by atoms with Gasteiger partial charge in [-0.2, -0.15) is 0 Å². The van der Waals surface area contributed by atoms with Crippen LogP contribution in [-0.4, -0.2) is 22.8 Å². The van der Waals surface area contributed by atoms with E-state index in [1.807, 2.05) is 13.8 Å².